The fourth-order valence-electron chi connectivity index (χ4n) is 4.01. The first kappa shape index (κ1) is 18.2. The van der Waals surface area contributed by atoms with Gasteiger partial charge < -0.3 is 9.80 Å². The number of rotatable bonds is 4. The summed E-state index contributed by atoms with van der Waals surface area (Å²) in [7, 11) is 1.91. The van der Waals surface area contributed by atoms with E-state index in [0.29, 0.717) is 6.04 Å². The molecule has 1 amide bonds. The SMILES string of the molecule is CC(C)N1CCN(c2cc(N(C)C(=O)C3CCCCC3)ccn2)CC1. The Morgan fingerprint density at radius 2 is 1.84 bits per heavy atom. The Bertz CT molecular complexity index is 575. The Kier molecular flexibility index (Phi) is 5.94. The molecule has 0 atom stereocenters. The van der Waals surface area contributed by atoms with Crippen molar-refractivity contribution in [2.75, 3.05) is 43.0 Å². The van der Waals surface area contributed by atoms with Crippen LogP contribution in [0.5, 0.6) is 0 Å². The molecule has 1 saturated heterocycles. The van der Waals surface area contributed by atoms with E-state index in [1.165, 1.54) is 19.3 Å². The predicted molar refractivity (Wildman–Crippen MR) is 103 cm³/mol. The van der Waals surface area contributed by atoms with E-state index in [1.807, 2.05) is 24.2 Å². The quantitative estimate of drug-likeness (QED) is 0.841. The molecule has 1 aromatic rings. The van der Waals surface area contributed by atoms with Crippen LogP contribution in [0.3, 0.4) is 0 Å². The van der Waals surface area contributed by atoms with E-state index in [4.69, 9.17) is 0 Å². The molecule has 0 aromatic carbocycles. The van der Waals surface area contributed by atoms with Crippen LogP contribution in [0.1, 0.15) is 46.0 Å². The minimum Gasteiger partial charge on any atom is -0.354 e. The Balaban J connectivity index is 1.66. The van der Waals surface area contributed by atoms with E-state index < -0.39 is 0 Å². The Hall–Kier alpha value is -1.62. The highest BCUT2D eigenvalue weighted by atomic mass is 16.2. The van der Waals surface area contributed by atoms with Gasteiger partial charge in [-0.1, -0.05) is 19.3 Å². The summed E-state index contributed by atoms with van der Waals surface area (Å²) in [6.07, 6.45) is 7.56. The fraction of sp³-hybridized carbons (Fsp3) is 0.700. The standard InChI is InChI=1S/C20H32N4O/c1-16(2)23-11-13-24(14-12-23)19-15-18(9-10-21-19)22(3)20(25)17-7-5-4-6-8-17/h9-10,15-17H,4-8,11-14H2,1-3H3. The molecule has 1 aliphatic carbocycles. The molecule has 0 unspecified atom stereocenters. The van der Waals surface area contributed by atoms with E-state index in [2.05, 4.69) is 34.7 Å². The number of amides is 1. The van der Waals surface area contributed by atoms with E-state index in [0.717, 1.165) is 50.5 Å². The summed E-state index contributed by atoms with van der Waals surface area (Å²) in [5.41, 5.74) is 0.965. The average Bonchev–Trinajstić information content (AvgIpc) is 2.67. The van der Waals surface area contributed by atoms with Crippen molar-refractivity contribution in [3.8, 4) is 0 Å². The Morgan fingerprint density at radius 1 is 1.16 bits per heavy atom. The maximum atomic E-state index is 12.8. The van der Waals surface area contributed by atoms with Crippen molar-refractivity contribution >= 4 is 17.4 Å². The fourth-order valence-corrected chi connectivity index (χ4v) is 4.01. The van der Waals surface area contributed by atoms with Gasteiger partial charge >= 0.3 is 0 Å². The molecule has 0 radical (unpaired) electrons. The van der Waals surface area contributed by atoms with E-state index in [-0.39, 0.29) is 11.8 Å². The number of carbonyl (C=O) groups is 1. The second-order valence-electron chi connectivity index (χ2n) is 7.72. The Labute approximate surface area is 152 Å². The lowest BCUT2D eigenvalue weighted by Crippen LogP contribution is -2.49. The third-order valence-corrected chi connectivity index (χ3v) is 5.77. The van der Waals surface area contributed by atoms with Gasteiger partial charge in [0.05, 0.1) is 0 Å². The van der Waals surface area contributed by atoms with Crippen molar-refractivity contribution in [1.29, 1.82) is 0 Å². The summed E-state index contributed by atoms with van der Waals surface area (Å²) >= 11 is 0. The van der Waals surface area contributed by atoms with Crippen LogP contribution in [0.25, 0.3) is 0 Å². The predicted octanol–water partition coefficient (Wildman–Crippen LogP) is 3.16. The lowest BCUT2D eigenvalue weighted by atomic mass is 9.88. The molecule has 0 N–H and O–H groups in total. The molecule has 2 heterocycles. The molecule has 1 aliphatic heterocycles. The van der Waals surface area contributed by atoms with Gasteiger partial charge in [-0.15, -0.1) is 0 Å². The van der Waals surface area contributed by atoms with Gasteiger partial charge in [-0.2, -0.15) is 0 Å². The van der Waals surface area contributed by atoms with Gasteiger partial charge in [-0.3, -0.25) is 9.69 Å². The number of nitrogens with zero attached hydrogens (tertiary/aromatic N) is 4. The van der Waals surface area contributed by atoms with Gasteiger partial charge in [0.2, 0.25) is 5.91 Å². The van der Waals surface area contributed by atoms with Crippen LogP contribution >= 0.6 is 0 Å². The molecular weight excluding hydrogens is 312 g/mol. The highest BCUT2D eigenvalue weighted by Crippen LogP contribution is 2.28. The molecule has 138 valence electrons. The van der Waals surface area contributed by atoms with Crippen molar-refractivity contribution in [2.24, 2.45) is 5.92 Å². The van der Waals surface area contributed by atoms with Gasteiger partial charge in [0.15, 0.2) is 0 Å². The molecule has 25 heavy (non-hydrogen) atoms. The van der Waals surface area contributed by atoms with Gasteiger partial charge in [0.1, 0.15) is 5.82 Å². The minimum absolute atomic E-state index is 0.199. The number of piperazine rings is 1. The number of anilines is 2. The molecule has 5 heteroatoms. The van der Waals surface area contributed by atoms with Crippen LogP contribution in [-0.2, 0) is 4.79 Å². The molecule has 0 spiro atoms. The lowest BCUT2D eigenvalue weighted by Gasteiger charge is -2.37. The molecule has 1 saturated carbocycles. The summed E-state index contributed by atoms with van der Waals surface area (Å²) in [4.78, 5) is 24.0. The van der Waals surface area contributed by atoms with Crippen LogP contribution in [0.4, 0.5) is 11.5 Å². The van der Waals surface area contributed by atoms with Gasteiger partial charge in [-0.05, 0) is 32.8 Å². The molecule has 2 fully saturated rings. The smallest absolute Gasteiger partial charge is 0.229 e. The molecule has 0 bridgehead atoms. The van der Waals surface area contributed by atoms with E-state index in [1.54, 1.807) is 0 Å². The second-order valence-corrected chi connectivity index (χ2v) is 7.72. The van der Waals surface area contributed by atoms with E-state index in [9.17, 15) is 4.79 Å². The van der Waals surface area contributed by atoms with Crippen molar-refractivity contribution in [3.05, 3.63) is 18.3 Å². The second kappa shape index (κ2) is 8.17. The number of pyridine rings is 1. The first-order valence-electron chi connectivity index (χ1n) is 9.79. The lowest BCUT2D eigenvalue weighted by molar-refractivity contribution is -0.123. The largest absolute Gasteiger partial charge is 0.354 e. The number of hydrogen-bond acceptors (Lipinski definition) is 4. The monoisotopic (exact) mass is 344 g/mol. The molecule has 2 aliphatic rings. The van der Waals surface area contributed by atoms with Crippen LogP contribution < -0.4 is 9.80 Å². The summed E-state index contributed by atoms with van der Waals surface area (Å²) < 4.78 is 0. The average molecular weight is 345 g/mol. The summed E-state index contributed by atoms with van der Waals surface area (Å²) in [6.45, 7) is 8.63. The van der Waals surface area contributed by atoms with E-state index >= 15 is 0 Å². The molecule has 5 nitrogen and oxygen atoms in total. The molecular formula is C20H32N4O. The minimum atomic E-state index is 0.199. The highest BCUT2D eigenvalue weighted by molar-refractivity contribution is 5.94. The maximum absolute atomic E-state index is 12.8. The van der Waals surface area contributed by atoms with Crippen molar-refractivity contribution in [2.45, 2.75) is 52.0 Å². The number of aromatic nitrogens is 1. The number of hydrogen-bond donors (Lipinski definition) is 0. The van der Waals surface area contributed by atoms with Crippen LogP contribution in [0.15, 0.2) is 18.3 Å². The zero-order valence-electron chi connectivity index (χ0n) is 15.9. The zero-order valence-corrected chi connectivity index (χ0v) is 15.9. The molecule has 3 rings (SSSR count). The maximum Gasteiger partial charge on any atom is 0.229 e. The van der Waals surface area contributed by atoms with Crippen molar-refractivity contribution in [3.63, 3.8) is 0 Å². The topological polar surface area (TPSA) is 39.7 Å². The molecule has 1 aromatic heterocycles. The normalized spacial score (nSPS) is 20.1. The zero-order chi connectivity index (χ0) is 17.8. The summed E-state index contributed by atoms with van der Waals surface area (Å²) in [5.74, 6) is 1.45. The summed E-state index contributed by atoms with van der Waals surface area (Å²) in [6, 6.07) is 4.63. The first-order valence-corrected chi connectivity index (χ1v) is 9.79. The first-order chi connectivity index (χ1) is 12.1. The third kappa shape index (κ3) is 4.32. The van der Waals surface area contributed by atoms with Gasteiger partial charge in [0.25, 0.3) is 0 Å². The summed E-state index contributed by atoms with van der Waals surface area (Å²) in [5, 5.41) is 0. The van der Waals surface area contributed by atoms with Crippen LogP contribution in [0, 0.1) is 5.92 Å². The van der Waals surface area contributed by atoms with Crippen molar-refractivity contribution < 1.29 is 4.79 Å². The third-order valence-electron chi connectivity index (χ3n) is 5.77. The van der Waals surface area contributed by atoms with Gasteiger partial charge in [0, 0.05) is 63.1 Å². The highest BCUT2D eigenvalue weighted by Gasteiger charge is 2.25. The van der Waals surface area contributed by atoms with Crippen LogP contribution in [-0.4, -0.2) is 55.1 Å². The van der Waals surface area contributed by atoms with Crippen LogP contribution in [0.2, 0.25) is 0 Å². The van der Waals surface area contributed by atoms with Gasteiger partial charge in [-0.25, -0.2) is 4.98 Å². The Morgan fingerprint density at radius 3 is 2.48 bits per heavy atom. The van der Waals surface area contributed by atoms with Crippen molar-refractivity contribution in [1.82, 2.24) is 9.88 Å². The number of carbonyl (C=O) groups excluding carboxylic acids is 1.